The number of carbonyl (C=O) groups excluding carboxylic acids is 1. The van der Waals surface area contributed by atoms with E-state index in [1.54, 1.807) is 7.05 Å². The lowest BCUT2D eigenvalue weighted by atomic mass is 10.1. The number of carbonyl (C=O) groups is 1. The van der Waals surface area contributed by atoms with Gasteiger partial charge in [-0.1, -0.05) is 54.2 Å². The first-order chi connectivity index (χ1) is 14.6. The molecule has 0 atom stereocenters. The highest BCUT2D eigenvalue weighted by Crippen LogP contribution is 2.26. The summed E-state index contributed by atoms with van der Waals surface area (Å²) in [6.07, 6.45) is 0. The van der Waals surface area contributed by atoms with Crippen molar-refractivity contribution >= 4 is 51.3 Å². The zero-order valence-electron chi connectivity index (χ0n) is 16.1. The fourth-order valence-electron chi connectivity index (χ4n) is 2.88. The number of nitrogens with one attached hydrogen (secondary N) is 2. The fraction of sp³-hybridized carbons (Fsp3) is 0.0909. The number of rotatable bonds is 6. The van der Waals surface area contributed by atoms with Crippen LogP contribution in [0.3, 0.4) is 0 Å². The fourth-order valence-corrected chi connectivity index (χ4v) is 3.66. The van der Waals surface area contributed by atoms with Crippen LogP contribution < -0.4 is 10.6 Å². The Morgan fingerprint density at radius 3 is 2.70 bits per heavy atom. The Hall–Kier alpha value is -3.23. The van der Waals surface area contributed by atoms with E-state index in [1.807, 2.05) is 66.7 Å². The SMILES string of the molecule is CNC(=S)Nc1cccc(-c2nnc(SCC(=O)c3ccc4ccccc4c3)o2)c1. The van der Waals surface area contributed by atoms with Crippen LogP contribution in [0.4, 0.5) is 5.69 Å². The van der Waals surface area contributed by atoms with Crippen molar-refractivity contribution < 1.29 is 9.21 Å². The van der Waals surface area contributed by atoms with Gasteiger partial charge in [-0.3, -0.25) is 4.79 Å². The summed E-state index contributed by atoms with van der Waals surface area (Å²) in [5, 5.41) is 17.1. The van der Waals surface area contributed by atoms with Crippen molar-refractivity contribution in [1.29, 1.82) is 0 Å². The van der Waals surface area contributed by atoms with Gasteiger partial charge in [-0.25, -0.2) is 0 Å². The van der Waals surface area contributed by atoms with Gasteiger partial charge in [0.1, 0.15) is 0 Å². The summed E-state index contributed by atoms with van der Waals surface area (Å²) in [5.74, 6) is 0.616. The Kier molecular flexibility index (Phi) is 6.06. The van der Waals surface area contributed by atoms with Crippen LogP contribution in [0.2, 0.25) is 0 Å². The van der Waals surface area contributed by atoms with Crippen molar-refractivity contribution in [1.82, 2.24) is 15.5 Å². The largest absolute Gasteiger partial charge is 0.411 e. The van der Waals surface area contributed by atoms with Crippen LogP contribution in [0, 0.1) is 0 Å². The average molecular weight is 435 g/mol. The number of ketones is 1. The number of fused-ring (bicyclic) bond motifs is 1. The van der Waals surface area contributed by atoms with E-state index in [2.05, 4.69) is 20.8 Å². The molecule has 0 spiro atoms. The number of aromatic nitrogens is 2. The maximum absolute atomic E-state index is 12.6. The Morgan fingerprint density at radius 1 is 1.03 bits per heavy atom. The van der Waals surface area contributed by atoms with E-state index in [1.165, 1.54) is 11.8 Å². The summed E-state index contributed by atoms with van der Waals surface area (Å²) in [4.78, 5) is 12.6. The van der Waals surface area contributed by atoms with E-state index in [0.29, 0.717) is 21.8 Å². The lowest BCUT2D eigenvalue weighted by molar-refractivity contribution is 0.102. The molecule has 0 bridgehead atoms. The molecule has 3 aromatic carbocycles. The first-order valence-corrected chi connectivity index (χ1v) is 10.6. The maximum atomic E-state index is 12.6. The Labute approximate surface area is 183 Å². The first kappa shape index (κ1) is 20.1. The molecule has 1 aromatic heterocycles. The van der Waals surface area contributed by atoms with Crippen LogP contribution in [0.1, 0.15) is 10.4 Å². The minimum absolute atomic E-state index is 0.0114. The summed E-state index contributed by atoms with van der Waals surface area (Å²) < 4.78 is 5.72. The number of benzene rings is 3. The Morgan fingerprint density at radius 2 is 1.87 bits per heavy atom. The van der Waals surface area contributed by atoms with Gasteiger partial charge in [0.15, 0.2) is 10.9 Å². The number of anilines is 1. The highest BCUT2D eigenvalue weighted by Gasteiger charge is 2.13. The van der Waals surface area contributed by atoms with E-state index in [4.69, 9.17) is 16.6 Å². The highest BCUT2D eigenvalue weighted by molar-refractivity contribution is 7.99. The molecular formula is C22H18N4O2S2. The summed E-state index contributed by atoms with van der Waals surface area (Å²) in [7, 11) is 1.75. The number of Topliss-reactive ketones (excluding diaryl/α,β-unsaturated/α-hetero) is 1. The minimum atomic E-state index is 0.0114. The lowest BCUT2D eigenvalue weighted by Gasteiger charge is -2.07. The van der Waals surface area contributed by atoms with E-state index in [9.17, 15) is 4.79 Å². The van der Waals surface area contributed by atoms with E-state index < -0.39 is 0 Å². The van der Waals surface area contributed by atoms with Crippen molar-refractivity contribution in [2.45, 2.75) is 5.22 Å². The summed E-state index contributed by atoms with van der Waals surface area (Å²) in [6.45, 7) is 0. The van der Waals surface area contributed by atoms with Crippen molar-refractivity contribution in [3.8, 4) is 11.5 Å². The van der Waals surface area contributed by atoms with Crippen molar-refractivity contribution in [3.05, 3.63) is 72.3 Å². The smallest absolute Gasteiger partial charge is 0.277 e. The molecule has 0 saturated heterocycles. The van der Waals surface area contributed by atoms with Gasteiger partial charge in [-0.05, 0) is 47.3 Å². The molecule has 0 aliphatic heterocycles. The van der Waals surface area contributed by atoms with Crippen LogP contribution in [-0.4, -0.2) is 33.9 Å². The van der Waals surface area contributed by atoms with Gasteiger partial charge in [0.05, 0.1) is 5.75 Å². The van der Waals surface area contributed by atoms with Crippen LogP contribution in [-0.2, 0) is 0 Å². The first-order valence-electron chi connectivity index (χ1n) is 9.20. The zero-order valence-corrected chi connectivity index (χ0v) is 17.7. The van der Waals surface area contributed by atoms with Crippen molar-refractivity contribution in [2.75, 3.05) is 18.1 Å². The molecule has 0 aliphatic rings. The maximum Gasteiger partial charge on any atom is 0.277 e. The minimum Gasteiger partial charge on any atom is -0.411 e. The van der Waals surface area contributed by atoms with Crippen LogP contribution in [0.5, 0.6) is 0 Å². The second kappa shape index (κ2) is 9.06. The van der Waals surface area contributed by atoms with Gasteiger partial charge < -0.3 is 15.1 Å². The average Bonchev–Trinajstić information content (AvgIpc) is 3.26. The second-order valence-corrected chi connectivity index (χ2v) is 7.77. The van der Waals surface area contributed by atoms with Gasteiger partial charge in [0, 0.05) is 23.9 Å². The number of thiocarbonyl (C=S) groups is 1. The topological polar surface area (TPSA) is 80.0 Å². The van der Waals surface area contributed by atoms with Gasteiger partial charge >= 0.3 is 0 Å². The predicted octanol–water partition coefficient (Wildman–Crippen LogP) is 4.78. The van der Waals surface area contributed by atoms with Crippen molar-refractivity contribution in [3.63, 3.8) is 0 Å². The number of hydrogen-bond acceptors (Lipinski definition) is 6. The molecule has 150 valence electrons. The normalized spacial score (nSPS) is 10.7. The predicted molar refractivity (Wildman–Crippen MR) is 124 cm³/mol. The van der Waals surface area contributed by atoms with Gasteiger partial charge in [-0.15, -0.1) is 10.2 Å². The molecule has 4 aromatic rings. The molecule has 0 amide bonds. The third kappa shape index (κ3) is 4.67. The van der Waals surface area contributed by atoms with E-state index in [0.717, 1.165) is 22.0 Å². The molecular weight excluding hydrogens is 416 g/mol. The molecule has 8 heteroatoms. The third-order valence-corrected chi connectivity index (χ3v) is 5.52. The molecule has 4 rings (SSSR count). The molecule has 30 heavy (non-hydrogen) atoms. The quantitative estimate of drug-likeness (QED) is 0.255. The van der Waals surface area contributed by atoms with Crippen LogP contribution in [0.15, 0.2) is 76.4 Å². The van der Waals surface area contributed by atoms with Crippen LogP contribution >= 0.6 is 24.0 Å². The van der Waals surface area contributed by atoms with E-state index in [-0.39, 0.29) is 11.5 Å². The number of nitrogens with zero attached hydrogens (tertiary/aromatic N) is 2. The lowest BCUT2D eigenvalue weighted by Crippen LogP contribution is -2.24. The summed E-state index contributed by atoms with van der Waals surface area (Å²) in [6, 6.07) is 21.2. The molecule has 2 N–H and O–H groups in total. The van der Waals surface area contributed by atoms with Gasteiger partial charge in [0.2, 0.25) is 5.89 Å². The standard InChI is InChI=1S/C22H18N4O2S2/c1-23-21(29)24-18-8-4-7-17(12-18)20-25-26-22(28-20)30-13-19(27)16-10-9-14-5-2-3-6-15(14)11-16/h2-12H,13H2,1H3,(H2,23,24,29). The van der Waals surface area contributed by atoms with Crippen molar-refractivity contribution in [2.24, 2.45) is 0 Å². The number of thioether (sulfide) groups is 1. The molecule has 0 radical (unpaired) electrons. The zero-order chi connectivity index (χ0) is 20.9. The monoisotopic (exact) mass is 434 g/mol. The molecule has 6 nitrogen and oxygen atoms in total. The Balaban J connectivity index is 1.42. The van der Waals surface area contributed by atoms with E-state index >= 15 is 0 Å². The molecule has 1 heterocycles. The second-order valence-electron chi connectivity index (χ2n) is 6.43. The molecule has 0 fully saturated rings. The molecule has 0 saturated carbocycles. The van der Waals surface area contributed by atoms with Gasteiger partial charge in [-0.2, -0.15) is 0 Å². The number of hydrogen-bond donors (Lipinski definition) is 2. The molecule has 0 unspecified atom stereocenters. The Bertz CT molecular complexity index is 1220. The third-order valence-electron chi connectivity index (χ3n) is 4.40. The summed E-state index contributed by atoms with van der Waals surface area (Å²) in [5.41, 5.74) is 2.24. The summed E-state index contributed by atoms with van der Waals surface area (Å²) >= 11 is 6.34. The molecule has 0 aliphatic carbocycles. The van der Waals surface area contributed by atoms with Gasteiger partial charge in [0.25, 0.3) is 5.22 Å². The highest BCUT2D eigenvalue weighted by atomic mass is 32.2. The van der Waals surface area contributed by atoms with Crippen LogP contribution in [0.25, 0.3) is 22.2 Å².